The van der Waals surface area contributed by atoms with Gasteiger partial charge in [0.2, 0.25) is 5.91 Å². The Morgan fingerprint density at radius 3 is 2.60 bits per heavy atom. The van der Waals surface area contributed by atoms with Crippen LogP contribution in [0.2, 0.25) is 0 Å². The molecular formula is C6H14N2OS. The van der Waals surface area contributed by atoms with Gasteiger partial charge in [0.25, 0.3) is 0 Å². The van der Waals surface area contributed by atoms with E-state index in [1.807, 2.05) is 0 Å². The average Bonchev–Trinajstić information content (AvgIpc) is 1.87. The highest BCUT2D eigenvalue weighted by Gasteiger charge is 1.92. The van der Waals surface area contributed by atoms with Crippen molar-refractivity contribution in [3.05, 3.63) is 0 Å². The van der Waals surface area contributed by atoms with Gasteiger partial charge in [0.1, 0.15) is 0 Å². The Kier molecular flexibility index (Phi) is 6.74. The first-order valence-corrected chi connectivity index (χ1v) is 4.49. The minimum atomic E-state index is -0.214. The molecule has 0 bridgehead atoms. The van der Waals surface area contributed by atoms with E-state index in [0.717, 1.165) is 17.9 Å². The molecule has 0 fully saturated rings. The van der Waals surface area contributed by atoms with Gasteiger partial charge in [0.15, 0.2) is 0 Å². The molecule has 1 amide bonds. The molecule has 4 N–H and O–H groups in total. The molecular weight excluding hydrogens is 148 g/mol. The van der Waals surface area contributed by atoms with Crippen molar-refractivity contribution in [2.75, 3.05) is 18.1 Å². The lowest BCUT2D eigenvalue weighted by Gasteiger charge is -1.96. The summed E-state index contributed by atoms with van der Waals surface area (Å²) in [7, 11) is 0. The fraction of sp³-hybridized carbons (Fsp3) is 0.833. The maximum absolute atomic E-state index is 10.2. The summed E-state index contributed by atoms with van der Waals surface area (Å²) in [6.07, 6.45) is 1.37. The molecule has 3 nitrogen and oxygen atoms in total. The van der Waals surface area contributed by atoms with Crippen molar-refractivity contribution in [1.29, 1.82) is 0 Å². The average molecular weight is 162 g/mol. The molecule has 0 aromatic heterocycles. The molecule has 60 valence electrons. The van der Waals surface area contributed by atoms with E-state index in [0.29, 0.717) is 13.0 Å². The van der Waals surface area contributed by atoms with Gasteiger partial charge in [-0.05, 0) is 12.2 Å². The summed E-state index contributed by atoms with van der Waals surface area (Å²) >= 11 is 1.76. The molecule has 10 heavy (non-hydrogen) atoms. The number of amides is 1. The van der Waals surface area contributed by atoms with Crippen LogP contribution in [0.5, 0.6) is 0 Å². The molecule has 0 aliphatic rings. The standard InChI is InChI=1S/C6H14N2OS/c7-3-5-10-4-1-2-6(8)9/h1-5,7H2,(H2,8,9). The molecule has 0 aliphatic carbocycles. The van der Waals surface area contributed by atoms with E-state index in [2.05, 4.69) is 0 Å². The summed E-state index contributed by atoms with van der Waals surface area (Å²) in [5, 5.41) is 0. The number of carbonyl (C=O) groups is 1. The van der Waals surface area contributed by atoms with E-state index < -0.39 is 0 Å². The fourth-order valence-electron chi connectivity index (χ4n) is 0.534. The number of hydrogen-bond acceptors (Lipinski definition) is 3. The number of thioether (sulfide) groups is 1. The lowest BCUT2D eigenvalue weighted by atomic mass is 10.3. The van der Waals surface area contributed by atoms with Crippen molar-refractivity contribution in [1.82, 2.24) is 0 Å². The summed E-state index contributed by atoms with van der Waals surface area (Å²) in [6.45, 7) is 0.710. The summed E-state index contributed by atoms with van der Waals surface area (Å²) in [6, 6.07) is 0. The zero-order valence-corrected chi connectivity index (χ0v) is 6.82. The third-order valence-corrected chi connectivity index (χ3v) is 2.08. The minimum absolute atomic E-state index is 0.214. The van der Waals surface area contributed by atoms with Gasteiger partial charge in [-0.25, -0.2) is 0 Å². The summed E-state index contributed by atoms with van der Waals surface area (Å²) < 4.78 is 0. The smallest absolute Gasteiger partial charge is 0.217 e. The van der Waals surface area contributed by atoms with Gasteiger partial charge >= 0.3 is 0 Å². The monoisotopic (exact) mass is 162 g/mol. The molecule has 0 spiro atoms. The number of carbonyl (C=O) groups excluding carboxylic acids is 1. The SMILES string of the molecule is NCCSCCCC(N)=O. The van der Waals surface area contributed by atoms with E-state index in [1.165, 1.54) is 0 Å². The van der Waals surface area contributed by atoms with Crippen LogP contribution in [0.1, 0.15) is 12.8 Å². The molecule has 0 aliphatic heterocycles. The topological polar surface area (TPSA) is 69.1 Å². The van der Waals surface area contributed by atoms with Crippen molar-refractivity contribution >= 4 is 17.7 Å². The molecule has 0 atom stereocenters. The van der Waals surface area contributed by atoms with Gasteiger partial charge in [0.05, 0.1) is 0 Å². The lowest BCUT2D eigenvalue weighted by Crippen LogP contribution is -2.10. The van der Waals surface area contributed by atoms with Crippen molar-refractivity contribution in [2.24, 2.45) is 11.5 Å². The highest BCUT2D eigenvalue weighted by atomic mass is 32.2. The highest BCUT2D eigenvalue weighted by molar-refractivity contribution is 7.99. The van der Waals surface area contributed by atoms with Crippen LogP contribution < -0.4 is 11.5 Å². The van der Waals surface area contributed by atoms with Gasteiger partial charge < -0.3 is 11.5 Å². The van der Waals surface area contributed by atoms with Crippen LogP contribution in [-0.4, -0.2) is 24.0 Å². The zero-order valence-electron chi connectivity index (χ0n) is 6.01. The third-order valence-electron chi connectivity index (χ3n) is 0.974. The molecule has 4 heteroatoms. The van der Waals surface area contributed by atoms with Gasteiger partial charge in [-0.2, -0.15) is 11.8 Å². The second-order valence-electron chi connectivity index (χ2n) is 1.97. The minimum Gasteiger partial charge on any atom is -0.370 e. The third kappa shape index (κ3) is 7.78. The lowest BCUT2D eigenvalue weighted by molar-refractivity contribution is -0.118. The van der Waals surface area contributed by atoms with Gasteiger partial charge in [-0.15, -0.1) is 0 Å². The van der Waals surface area contributed by atoms with Crippen LogP contribution in [0, 0.1) is 0 Å². The predicted molar refractivity (Wildman–Crippen MR) is 44.8 cm³/mol. The maximum atomic E-state index is 10.2. The summed E-state index contributed by atoms with van der Waals surface area (Å²) in [5.41, 5.74) is 10.2. The zero-order chi connectivity index (χ0) is 7.82. The van der Waals surface area contributed by atoms with Crippen molar-refractivity contribution in [3.8, 4) is 0 Å². The molecule has 0 unspecified atom stereocenters. The number of rotatable bonds is 6. The van der Waals surface area contributed by atoms with Crippen LogP contribution in [0.3, 0.4) is 0 Å². The number of nitrogens with two attached hydrogens (primary N) is 2. The molecule has 0 rings (SSSR count). The Bertz CT molecular complexity index is 97.7. The van der Waals surface area contributed by atoms with Crippen LogP contribution in [0.15, 0.2) is 0 Å². The molecule has 0 aromatic rings. The molecule has 0 radical (unpaired) electrons. The Morgan fingerprint density at radius 1 is 1.40 bits per heavy atom. The second kappa shape index (κ2) is 6.89. The molecule has 0 aromatic carbocycles. The molecule has 0 heterocycles. The van der Waals surface area contributed by atoms with E-state index in [9.17, 15) is 4.79 Å². The van der Waals surface area contributed by atoms with Crippen molar-refractivity contribution < 1.29 is 4.79 Å². The molecule has 0 saturated heterocycles. The van der Waals surface area contributed by atoms with Crippen LogP contribution in [0.25, 0.3) is 0 Å². The van der Waals surface area contributed by atoms with Crippen LogP contribution in [0.4, 0.5) is 0 Å². The normalized spacial score (nSPS) is 9.70. The predicted octanol–water partition coefficient (Wildman–Crippen LogP) is -0.0562. The summed E-state index contributed by atoms with van der Waals surface area (Å²) in [4.78, 5) is 10.2. The van der Waals surface area contributed by atoms with E-state index >= 15 is 0 Å². The quantitative estimate of drug-likeness (QED) is 0.538. The fourth-order valence-corrected chi connectivity index (χ4v) is 1.25. The first-order chi connectivity index (χ1) is 4.77. The van der Waals surface area contributed by atoms with Gasteiger partial charge in [0, 0.05) is 18.7 Å². The van der Waals surface area contributed by atoms with E-state index in [-0.39, 0.29) is 5.91 Å². The Morgan fingerprint density at radius 2 is 2.10 bits per heavy atom. The van der Waals surface area contributed by atoms with E-state index in [1.54, 1.807) is 11.8 Å². The first kappa shape index (κ1) is 9.78. The number of primary amides is 1. The maximum Gasteiger partial charge on any atom is 0.217 e. The van der Waals surface area contributed by atoms with Gasteiger partial charge in [-0.3, -0.25) is 4.79 Å². The second-order valence-corrected chi connectivity index (χ2v) is 3.20. The van der Waals surface area contributed by atoms with Crippen molar-refractivity contribution in [3.63, 3.8) is 0 Å². The Hall–Kier alpha value is -0.220. The van der Waals surface area contributed by atoms with Crippen LogP contribution in [-0.2, 0) is 4.79 Å². The van der Waals surface area contributed by atoms with E-state index in [4.69, 9.17) is 11.5 Å². The van der Waals surface area contributed by atoms with Gasteiger partial charge in [-0.1, -0.05) is 0 Å². The number of hydrogen-bond donors (Lipinski definition) is 2. The van der Waals surface area contributed by atoms with Crippen LogP contribution >= 0.6 is 11.8 Å². The Balaban J connectivity index is 2.84. The molecule has 0 saturated carbocycles. The Labute approximate surface area is 65.5 Å². The highest BCUT2D eigenvalue weighted by Crippen LogP contribution is 2.02. The first-order valence-electron chi connectivity index (χ1n) is 3.33. The largest absolute Gasteiger partial charge is 0.370 e. The van der Waals surface area contributed by atoms with Crippen molar-refractivity contribution in [2.45, 2.75) is 12.8 Å². The summed E-state index contributed by atoms with van der Waals surface area (Å²) in [5.74, 6) is 1.74.